The van der Waals surface area contributed by atoms with Crippen molar-refractivity contribution in [3.63, 3.8) is 0 Å². The third kappa shape index (κ3) is 7.56. The van der Waals surface area contributed by atoms with E-state index in [2.05, 4.69) is 37.4 Å². The van der Waals surface area contributed by atoms with Gasteiger partial charge < -0.3 is 25.2 Å². The number of carbonyl (C=O) groups excluding carboxylic acids is 2. The molecule has 51 heavy (non-hydrogen) atoms. The Morgan fingerprint density at radius 1 is 1.00 bits per heavy atom. The van der Waals surface area contributed by atoms with E-state index in [9.17, 15) is 19.8 Å². The van der Waals surface area contributed by atoms with E-state index in [1.807, 2.05) is 66.7 Å². The van der Waals surface area contributed by atoms with Gasteiger partial charge in [-0.25, -0.2) is 4.79 Å². The van der Waals surface area contributed by atoms with Gasteiger partial charge in [-0.05, 0) is 117 Å². The van der Waals surface area contributed by atoms with E-state index < -0.39 is 17.1 Å². The van der Waals surface area contributed by atoms with E-state index in [4.69, 9.17) is 4.74 Å². The predicted octanol–water partition coefficient (Wildman–Crippen LogP) is 8.88. The molecule has 7 nitrogen and oxygen atoms in total. The van der Waals surface area contributed by atoms with Crippen LogP contribution in [0, 0.1) is 5.41 Å². The van der Waals surface area contributed by atoms with Gasteiger partial charge in [-0.1, -0.05) is 67.1 Å². The maximum Gasteiger partial charge on any atom is 0.322 e. The van der Waals surface area contributed by atoms with Crippen LogP contribution in [-0.4, -0.2) is 64.4 Å². The van der Waals surface area contributed by atoms with Crippen molar-refractivity contribution in [1.29, 1.82) is 0 Å². The van der Waals surface area contributed by atoms with Crippen LogP contribution >= 0.6 is 11.3 Å². The average Bonchev–Trinajstić information content (AvgIpc) is 3.86. The summed E-state index contributed by atoms with van der Waals surface area (Å²) in [5, 5.41) is 28.1. The van der Waals surface area contributed by atoms with Gasteiger partial charge in [0.25, 0.3) is 0 Å². The van der Waals surface area contributed by atoms with Crippen LogP contribution in [0.15, 0.2) is 90.5 Å². The Kier molecular flexibility index (Phi) is 10.5. The maximum atomic E-state index is 14.6. The number of fused-ring (bicyclic) bond motifs is 9. The van der Waals surface area contributed by atoms with Gasteiger partial charge in [0.1, 0.15) is 0 Å². The van der Waals surface area contributed by atoms with E-state index in [1.54, 1.807) is 4.90 Å². The average molecular weight is 707 g/mol. The smallest absolute Gasteiger partial charge is 0.322 e. The Morgan fingerprint density at radius 3 is 2.59 bits per heavy atom. The highest BCUT2D eigenvalue weighted by Crippen LogP contribution is 2.59. The van der Waals surface area contributed by atoms with Gasteiger partial charge in [-0.15, -0.1) is 11.3 Å². The third-order valence-electron chi connectivity index (χ3n) is 11.8. The van der Waals surface area contributed by atoms with Crippen LogP contribution in [0.25, 0.3) is 10.1 Å². The van der Waals surface area contributed by atoms with Gasteiger partial charge in [-0.3, -0.25) is 4.79 Å². The number of thiophene rings is 1. The highest BCUT2D eigenvalue weighted by atomic mass is 32.1. The number of rotatable bonds is 7. The first-order chi connectivity index (χ1) is 24.6. The number of hydrogen-bond donors (Lipinski definition) is 3. The van der Waals surface area contributed by atoms with Gasteiger partial charge >= 0.3 is 6.03 Å². The first-order valence-electron chi connectivity index (χ1n) is 18.6. The summed E-state index contributed by atoms with van der Waals surface area (Å²) in [5.41, 5.74) is 2.56. The molecular formula is C43H50N2O5S. The van der Waals surface area contributed by atoms with Crippen molar-refractivity contribution in [2.45, 2.75) is 95.4 Å². The van der Waals surface area contributed by atoms with Crippen molar-refractivity contribution in [1.82, 2.24) is 4.90 Å². The summed E-state index contributed by atoms with van der Waals surface area (Å²) in [4.78, 5) is 31.0. The summed E-state index contributed by atoms with van der Waals surface area (Å²) in [6.45, 7) is 5.52. The number of anilines is 1. The number of aliphatic hydroxyl groups excluding tert-OH is 1. The second-order valence-electron chi connectivity index (χ2n) is 15.2. The molecule has 0 radical (unpaired) electrons. The number of allylic oxidation sites excluding steroid dienone is 2. The maximum absolute atomic E-state index is 14.6. The number of para-hydroxylation sites is 1. The first kappa shape index (κ1) is 35.6. The summed E-state index contributed by atoms with van der Waals surface area (Å²) >= 11 is 1.51. The standard InChI is InChI=1S/C43H50N2O5S/c1-29-10-8-21-42(2)37(20-22-43(42,49)28-45(27-34-14-9-23-50-34)41(48)44-32-12-4-3-5-13-32)35-19-17-30(24-33(46)18-16-29)25-36(35)40(47)39-26-31-11-6-7-15-38(31)51-39/h3-7,10-13,15,17,19,25-26,33-34,37,46,49H,8-9,14,16,18,20-24,27-28H2,1-2H3,(H,44,48)/t33-,34+,37-,42-,43+/m0/s1. The number of ketones is 1. The molecule has 2 fully saturated rings. The summed E-state index contributed by atoms with van der Waals surface area (Å²) < 4.78 is 7.07. The molecule has 2 bridgehead atoms. The molecule has 2 amide bonds. The fraction of sp³-hybridized carbons (Fsp3) is 0.442. The number of hydrogen-bond acceptors (Lipinski definition) is 6. The number of benzene rings is 3. The molecule has 8 heteroatoms. The van der Waals surface area contributed by atoms with Gasteiger partial charge in [0.15, 0.2) is 0 Å². The van der Waals surface area contributed by atoms with Gasteiger partial charge in [-0.2, -0.15) is 0 Å². The molecule has 4 aromatic rings. The Balaban J connectivity index is 1.28. The lowest BCUT2D eigenvalue weighted by Gasteiger charge is -2.46. The lowest BCUT2D eigenvalue weighted by molar-refractivity contribution is -0.0799. The van der Waals surface area contributed by atoms with Crippen molar-refractivity contribution >= 4 is 38.9 Å². The third-order valence-corrected chi connectivity index (χ3v) is 12.9. The number of nitrogens with one attached hydrogen (secondary N) is 1. The Morgan fingerprint density at radius 2 is 1.80 bits per heavy atom. The van der Waals surface area contributed by atoms with Crippen LogP contribution in [0.4, 0.5) is 10.5 Å². The number of nitrogens with zero attached hydrogens (tertiary/aromatic N) is 1. The second kappa shape index (κ2) is 15.0. The SMILES string of the molecule is CC1=CCC[C@@]2(C)[C@@H](CC[C@@]2(O)CN(C[C@H]2CCCO2)C(=O)Nc2ccccc2)c2ccc(cc2C(=O)c2cc3ccccc3s2)C[C@@H](O)CC1. The van der Waals surface area contributed by atoms with Crippen molar-refractivity contribution in [2.24, 2.45) is 5.41 Å². The molecule has 1 aliphatic heterocycles. The monoisotopic (exact) mass is 706 g/mol. The molecule has 0 spiro atoms. The molecule has 1 saturated carbocycles. The molecule has 268 valence electrons. The van der Waals surface area contributed by atoms with Crippen molar-refractivity contribution in [3.8, 4) is 0 Å². The topological polar surface area (TPSA) is 99.1 Å². The van der Waals surface area contributed by atoms with Gasteiger partial charge in [0.2, 0.25) is 5.78 Å². The summed E-state index contributed by atoms with van der Waals surface area (Å²) in [5.74, 6) is -0.154. The van der Waals surface area contributed by atoms with Gasteiger partial charge in [0, 0.05) is 34.5 Å². The van der Waals surface area contributed by atoms with E-state index in [1.165, 1.54) is 16.9 Å². The predicted molar refractivity (Wildman–Crippen MR) is 205 cm³/mol. The van der Waals surface area contributed by atoms with Crippen molar-refractivity contribution < 1.29 is 24.5 Å². The normalized spacial score (nSPS) is 26.7. The summed E-state index contributed by atoms with van der Waals surface area (Å²) in [6, 6.07) is 25.4. The van der Waals surface area contributed by atoms with E-state index in [0.717, 1.165) is 46.9 Å². The molecule has 3 aromatic carbocycles. The number of amides is 2. The number of aliphatic hydroxyl groups is 2. The zero-order chi connectivity index (χ0) is 35.6. The lowest BCUT2D eigenvalue weighted by Crippen LogP contribution is -2.55. The molecule has 0 unspecified atom stereocenters. The molecular weight excluding hydrogens is 657 g/mol. The molecule has 4 aliphatic rings. The minimum absolute atomic E-state index is 0.0228. The van der Waals surface area contributed by atoms with Crippen LogP contribution in [0.5, 0.6) is 0 Å². The number of urea groups is 1. The van der Waals surface area contributed by atoms with E-state index in [-0.39, 0.29) is 30.4 Å². The van der Waals surface area contributed by atoms with Crippen LogP contribution in [0.3, 0.4) is 0 Å². The molecule has 8 rings (SSSR count). The van der Waals surface area contributed by atoms with Crippen LogP contribution in [-0.2, 0) is 11.2 Å². The summed E-state index contributed by atoms with van der Waals surface area (Å²) in [7, 11) is 0. The van der Waals surface area contributed by atoms with Crippen LogP contribution in [0.1, 0.15) is 97.5 Å². The second-order valence-corrected chi connectivity index (χ2v) is 16.3. The van der Waals surface area contributed by atoms with Crippen LogP contribution < -0.4 is 5.32 Å². The molecule has 1 saturated heterocycles. The molecule has 5 atom stereocenters. The highest BCUT2D eigenvalue weighted by Gasteiger charge is 2.58. The van der Waals surface area contributed by atoms with Gasteiger partial charge in [0.05, 0.1) is 29.2 Å². The van der Waals surface area contributed by atoms with Crippen molar-refractivity contribution in [2.75, 3.05) is 25.0 Å². The molecule has 3 N–H and O–H groups in total. The minimum atomic E-state index is -1.23. The summed E-state index contributed by atoms with van der Waals surface area (Å²) in [6.07, 6.45) is 7.99. The fourth-order valence-electron chi connectivity index (χ4n) is 8.72. The Hall–Kier alpha value is -3.82. The minimum Gasteiger partial charge on any atom is -0.393 e. The Labute approximate surface area is 305 Å². The van der Waals surface area contributed by atoms with E-state index >= 15 is 0 Å². The number of ether oxygens (including phenoxy) is 1. The zero-order valence-electron chi connectivity index (χ0n) is 29.8. The fourth-order valence-corrected chi connectivity index (χ4v) is 9.73. The number of carbonyl (C=O) groups is 2. The quantitative estimate of drug-likeness (QED) is 0.132. The van der Waals surface area contributed by atoms with E-state index in [0.29, 0.717) is 61.4 Å². The lowest BCUT2D eigenvalue weighted by atomic mass is 9.64. The molecule has 2 heterocycles. The zero-order valence-corrected chi connectivity index (χ0v) is 30.6. The highest BCUT2D eigenvalue weighted by molar-refractivity contribution is 7.21. The molecule has 3 aliphatic carbocycles. The molecule has 1 aromatic heterocycles. The van der Waals surface area contributed by atoms with Crippen LogP contribution in [0.2, 0.25) is 0 Å². The Bertz CT molecular complexity index is 1870. The largest absolute Gasteiger partial charge is 0.393 e. The van der Waals surface area contributed by atoms with Crippen molar-refractivity contribution in [3.05, 3.63) is 112 Å². The first-order valence-corrected chi connectivity index (χ1v) is 19.4.